The van der Waals surface area contributed by atoms with E-state index >= 15 is 0 Å². The molecule has 0 bridgehead atoms. The van der Waals surface area contributed by atoms with Crippen molar-refractivity contribution in [1.29, 1.82) is 0 Å². The van der Waals surface area contributed by atoms with Crippen molar-refractivity contribution in [2.24, 2.45) is 11.8 Å². The number of rotatable bonds is 8. The Balaban J connectivity index is 1.15. The molecular formula is C25H37N3O2. The lowest BCUT2D eigenvalue weighted by atomic mass is 9.78. The third kappa shape index (κ3) is 5.42. The number of carbonyl (C=O) groups is 1. The lowest BCUT2D eigenvalue weighted by Gasteiger charge is -2.37. The van der Waals surface area contributed by atoms with Gasteiger partial charge in [-0.1, -0.05) is 25.0 Å². The van der Waals surface area contributed by atoms with E-state index < -0.39 is 0 Å². The van der Waals surface area contributed by atoms with Crippen LogP contribution in [0.1, 0.15) is 57.4 Å². The highest BCUT2D eigenvalue weighted by molar-refractivity contribution is 5.80. The van der Waals surface area contributed by atoms with Crippen molar-refractivity contribution in [2.45, 2.75) is 58.3 Å². The largest absolute Gasteiger partial charge is 0.493 e. The average molecular weight is 412 g/mol. The molecule has 164 valence electrons. The van der Waals surface area contributed by atoms with Crippen molar-refractivity contribution in [3.63, 3.8) is 0 Å². The van der Waals surface area contributed by atoms with Crippen LogP contribution in [0.4, 0.5) is 5.82 Å². The number of allylic oxidation sites excluding steroid dienone is 2. The van der Waals surface area contributed by atoms with Crippen LogP contribution in [0.5, 0.6) is 5.75 Å². The first-order valence-electron chi connectivity index (χ1n) is 11.9. The van der Waals surface area contributed by atoms with Gasteiger partial charge in [-0.05, 0) is 50.6 Å². The minimum Gasteiger partial charge on any atom is -0.493 e. The summed E-state index contributed by atoms with van der Waals surface area (Å²) in [6.45, 7) is 8.36. The van der Waals surface area contributed by atoms with E-state index in [1.54, 1.807) is 0 Å². The molecule has 0 amide bonds. The molecule has 3 heterocycles. The van der Waals surface area contributed by atoms with E-state index in [0.29, 0.717) is 18.1 Å². The van der Waals surface area contributed by atoms with Crippen molar-refractivity contribution < 1.29 is 9.53 Å². The fraction of sp³-hybridized carbons (Fsp3) is 0.680. The highest BCUT2D eigenvalue weighted by atomic mass is 16.5. The minimum absolute atomic E-state index is 0.416. The maximum Gasteiger partial charge on any atom is 0.136 e. The summed E-state index contributed by atoms with van der Waals surface area (Å²) in [5, 5.41) is 0. The van der Waals surface area contributed by atoms with Crippen molar-refractivity contribution >= 4 is 11.6 Å². The zero-order valence-corrected chi connectivity index (χ0v) is 18.5. The molecule has 2 fully saturated rings. The molecule has 5 heteroatoms. The molecule has 0 aromatic carbocycles. The summed E-state index contributed by atoms with van der Waals surface area (Å²) in [5.41, 5.74) is 1.30. The van der Waals surface area contributed by atoms with Crippen LogP contribution >= 0.6 is 0 Å². The number of piperazine rings is 1. The monoisotopic (exact) mass is 411 g/mol. The Morgan fingerprint density at radius 2 is 1.93 bits per heavy atom. The van der Waals surface area contributed by atoms with E-state index in [-0.39, 0.29) is 0 Å². The molecule has 1 saturated carbocycles. The van der Waals surface area contributed by atoms with E-state index in [0.717, 1.165) is 63.1 Å². The van der Waals surface area contributed by atoms with Crippen molar-refractivity contribution in [3.05, 3.63) is 30.0 Å². The molecule has 0 N–H and O–H groups in total. The number of fused-ring (bicyclic) bond motifs is 1. The van der Waals surface area contributed by atoms with Crippen LogP contribution in [0.2, 0.25) is 0 Å². The summed E-state index contributed by atoms with van der Waals surface area (Å²) in [5.74, 6) is 4.07. The lowest BCUT2D eigenvalue weighted by Crippen LogP contribution is -2.47. The number of ether oxygens (including phenoxy) is 1. The first-order chi connectivity index (χ1) is 14.7. The number of hydrogen-bond acceptors (Lipinski definition) is 5. The topological polar surface area (TPSA) is 45.7 Å². The van der Waals surface area contributed by atoms with Gasteiger partial charge < -0.3 is 9.64 Å². The normalized spacial score (nSPS) is 24.8. The summed E-state index contributed by atoms with van der Waals surface area (Å²) < 4.78 is 5.70. The average Bonchev–Trinajstić information content (AvgIpc) is 3.27. The summed E-state index contributed by atoms with van der Waals surface area (Å²) in [7, 11) is 0. The number of nitrogens with zero attached hydrogens (tertiary/aromatic N) is 3. The van der Waals surface area contributed by atoms with E-state index in [9.17, 15) is 4.79 Å². The number of pyridine rings is 1. The smallest absolute Gasteiger partial charge is 0.136 e. The van der Waals surface area contributed by atoms with Gasteiger partial charge in [-0.3, -0.25) is 9.69 Å². The molecule has 0 radical (unpaired) electrons. The molecule has 5 nitrogen and oxygen atoms in total. The van der Waals surface area contributed by atoms with Crippen LogP contribution in [-0.4, -0.2) is 55.0 Å². The SMILES string of the molecule is C/C=C/CC(=O)CC1CCC(CCN2CCN(c3nccc4c3CCO4)CC2)CC1. The van der Waals surface area contributed by atoms with E-state index in [1.165, 1.54) is 44.2 Å². The molecule has 3 aliphatic rings. The Morgan fingerprint density at radius 1 is 1.17 bits per heavy atom. The fourth-order valence-corrected chi connectivity index (χ4v) is 5.30. The lowest BCUT2D eigenvalue weighted by molar-refractivity contribution is -0.119. The fourth-order valence-electron chi connectivity index (χ4n) is 5.30. The van der Waals surface area contributed by atoms with Gasteiger partial charge in [0.15, 0.2) is 0 Å². The van der Waals surface area contributed by atoms with Gasteiger partial charge in [0.2, 0.25) is 0 Å². The van der Waals surface area contributed by atoms with Crippen molar-refractivity contribution in [1.82, 2.24) is 9.88 Å². The molecule has 0 atom stereocenters. The van der Waals surface area contributed by atoms with E-state index in [4.69, 9.17) is 4.74 Å². The second kappa shape index (κ2) is 10.4. The number of ketones is 1. The first kappa shape index (κ1) is 21.4. The van der Waals surface area contributed by atoms with Gasteiger partial charge in [0.05, 0.1) is 6.61 Å². The highest BCUT2D eigenvalue weighted by Gasteiger charge is 2.26. The van der Waals surface area contributed by atoms with Gasteiger partial charge in [-0.2, -0.15) is 0 Å². The standard InChI is InChI=1S/C25H37N3O2/c1-2-3-4-22(29)19-21-7-5-20(6-8-21)10-13-27-14-16-28(17-15-27)25-23-11-18-30-24(23)9-12-26-25/h2-3,9,12,20-21H,4-8,10-11,13-19H2,1H3/b3-2+. The van der Waals surface area contributed by atoms with Gasteiger partial charge in [0.25, 0.3) is 0 Å². The summed E-state index contributed by atoms with van der Waals surface area (Å²) >= 11 is 0. The van der Waals surface area contributed by atoms with E-state index in [1.807, 2.05) is 31.3 Å². The second-order valence-corrected chi connectivity index (χ2v) is 9.23. The third-order valence-corrected chi connectivity index (χ3v) is 7.19. The Kier molecular flexibility index (Phi) is 7.42. The molecule has 0 spiro atoms. The number of Topliss-reactive ketones (excluding diaryl/α,β-unsaturated/α-hetero) is 1. The highest BCUT2D eigenvalue weighted by Crippen LogP contribution is 2.34. The second-order valence-electron chi connectivity index (χ2n) is 9.23. The Bertz CT molecular complexity index is 732. The molecular weight excluding hydrogens is 374 g/mol. The number of carbonyl (C=O) groups excluding carboxylic acids is 1. The molecule has 1 saturated heterocycles. The molecule has 1 aromatic rings. The minimum atomic E-state index is 0.416. The van der Waals surface area contributed by atoms with Crippen LogP contribution in [0.15, 0.2) is 24.4 Å². The third-order valence-electron chi connectivity index (χ3n) is 7.19. The van der Waals surface area contributed by atoms with Gasteiger partial charge in [0, 0.05) is 57.2 Å². The van der Waals surface area contributed by atoms with Gasteiger partial charge in [-0.25, -0.2) is 4.98 Å². The summed E-state index contributed by atoms with van der Waals surface area (Å²) in [4.78, 5) is 21.7. The van der Waals surface area contributed by atoms with Crippen LogP contribution in [0, 0.1) is 11.8 Å². The van der Waals surface area contributed by atoms with Crippen LogP contribution in [0.25, 0.3) is 0 Å². The Labute approximate surface area is 181 Å². The number of hydrogen-bond donors (Lipinski definition) is 0. The van der Waals surface area contributed by atoms with E-state index in [2.05, 4.69) is 14.8 Å². The van der Waals surface area contributed by atoms with Gasteiger partial charge in [0.1, 0.15) is 17.4 Å². The predicted octanol–water partition coefficient (Wildman–Crippen LogP) is 4.26. The van der Waals surface area contributed by atoms with Crippen molar-refractivity contribution in [2.75, 3.05) is 44.2 Å². The summed E-state index contributed by atoms with van der Waals surface area (Å²) in [6.07, 6.45) is 14.7. The van der Waals surface area contributed by atoms with Crippen LogP contribution < -0.4 is 9.64 Å². The molecule has 1 aromatic heterocycles. The molecule has 4 rings (SSSR count). The maximum atomic E-state index is 12.0. The van der Waals surface area contributed by atoms with Crippen molar-refractivity contribution in [3.8, 4) is 5.75 Å². The molecule has 1 aliphatic carbocycles. The van der Waals surface area contributed by atoms with Crippen LogP contribution in [-0.2, 0) is 11.2 Å². The predicted molar refractivity (Wildman–Crippen MR) is 121 cm³/mol. The van der Waals surface area contributed by atoms with Crippen LogP contribution in [0.3, 0.4) is 0 Å². The number of aromatic nitrogens is 1. The zero-order valence-electron chi connectivity index (χ0n) is 18.5. The first-order valence-corrected chi connectivity index (χ1v) is 11.9. The van der Waals surface area contributed by atoms with Gasteiger partial charge >= 0.3 is 0 Å². The zero-order chi connectivity index (χ0) is 20.8. The molecule has 0 unspecified atom stereocenters. The Hall–Kier alpha value is -1.88. The molecule has 30 heavy (non-hydrogen) atoms. The molecule has 2 aliphatic heterocycles. The Morgan fingerprint density at radius 3 is 2.70 bits per heavy atom. The quantitative estimate of drug-likeness (QED) is 0.598. The maximum absolute atomic E-state index is 12.0. The van der Waals surface area contributed by atoms with Gasteiger partial charge in [-0.15, -0.1) is 0 Å². The number of anilines is 1. The summed E-state index contributed by atoms with van der Waals surface area (Å²) in [6, 6.07) is 2.00.